The van der Waals surface area contributed by atoms with Gasteiger partial charge in [0.25, 0.3) is 5.91 Å². The number of anilines is 1. The third-order valence-corrected chi connectivity index (χ3v) is 3.73. The van der Waals surface area contributed by atoms with Crippen LogP contribution in [0.3, 0.4) is 0 Å². The minimum absolute atomic E-state index is 0.0103. The standard InChI is InChI=1S/C14H14Cl2N4O4/c15-7-1-2-8(16)10(5-7)18-12(22)6-17-11(21)4-3-9-13(23)20-14(24)19-9/h1-2,5,9H,3-4,6H2,(H,17,21)(H,18,22)(H2,19,20,23,24). The molecule has 8 nitrogen and oxygen atoms in total. The second-order valence-electron chi connectivity index (χ2n) is 5.00. The Labute approximate surface area is 147 Å². The Morgan fingerprint density at radius 3 is 2.58 bits per heavy atom. The van der Waals surface area contributed by atoms with E-state index >= 15 is 0 Å². The van der Waals surface area contributed by atoms with Crippen LogP contribution in [-0.4, -0.2) is 36.3 Å². The maximum atomic E-state index is 11.8. The Hall–Kier alpha value is -2.32. The molecule has 24 heavy (non-hydrogen) atoms. The van der Waals surface area contributed by atoms with E-state index in [1.165, 1.54) is 6.07 Å². The smallest absolute Gasteiger partial charge is 0.322 e. The average Bonchev–Trinajstić information content (AvgIpc) is 2.84. The summed E-state index contributed by atoms with van der Waals surface area (Å²) < 4.78 is 0. The number of carbonyl (C=O) groups is 4. The number of hydrogen-bond acceptors (Lipinski definition) is 4. The van der Waals surface area contributed by atoms with Crippen molar-refractivity contribution < 1.29 is 19.2 Å². The molecule has 0 aromatic heterocycles. The molecule has 1 aromatic carbocycles. The molecule has 1 atom stereocenters. The highest BCUT2D eigenvalue weighted by molar-refractivity contribution is 6.35. The molecule has 1 saturated heterocycles. The van der Waals surface area contributed by atoms with Gasteiger partial charge in [-0.3, -0.25) is 19.7 Å². The zero-order valence-corrected chi connectivity index (χ0v) is 13.8. The first-order valence-electron chi connectivity index (χ1n) is 6.98. The summed E-state index contributed by atoms with van der Waals surface area (Å²) in [5, 5.41) is 10.1. The number of hydrogen-bond donors (Lipinski definition) is 4. The van der Waals surface area contributed by atoms with E-state index in [9.17, 15) is 19.2 Å². The lowest BCUT2D eigenvalue weighted by Crippen LogP contribution is -2.35. The van der Waals surface area contributed by atoms with Gasteiger partial charge in [0.15, 0.2) is 0 Å². The van der Waals surface area contributed by atoms with Gasteiger partial charge in [-0.1, -0.05) is 23.2 Å². The van der Waals surface area contributed by atoms with Gasteiger partial charge in [0.05, 0.1) is 17.3 Å². The summed E-state index contributed by atoms with van der Waals surface area (Å²) in [7, 11) is 0. The van der Waals surface area contributed by atoms with Gasteiger partial charge in [-0.05, 0) is 24.6 Å². The highest BCUT2D eigenvalue weighted by Crippen LogP contribution is 2.25. The van der Waals surface area contributed by atoms with Gasteiger partial charge in [0.1, 0.15) is 6.04 Å². The van der Waals surface area contributed by atoms with Crippen LogP contribution in [0, 0.1) is 0 Å². The molecule has 4 N–H and O–H groups in total. The van der Waals surface area contributed by atoms with Crippen LogP contribution in [0.4, 0.5) is 10.5 Å². The van der Waals surface area contributed by atoms with Crippen molar-refractivity contribution in [3.8, 4) is 0 Å². The monoisotopic (exact) mass is 372 g/mol. The minimum atomic E-state index is -0.734. The molecule has 1 aromatic rings. The van der Waals surface area contributed by atoms with Crippen molar-refractivity contribution in [1.29, 1.82) is 0 Å². The molecule has 0 radical (unpaired) electrons. The van der Waals surface area contributed by atoms with E-state index in [0.717, 1.165) is 0 Å². The van der Waals surface area contributed by atoms with Gasteiger partial charge in [0.2, 0.25) is 11.8 Å². The van der Waals surface area contributed by atoms with Crippen molar-refractivity contribution in [2.75, 3.05) is 11.9 Å². The van der Waals surface area contributed by atoms with E-state index in [1.807, 2.05) is 0 Å². The van der Waals surface area contributed by atoms with Crippen LogP contribution in [0.25, 0.3) is 0 Å². The first-order valence-corrected chi connectivity index (χ1v) is 7.73. The fraction of sp³-hybridized carbons (Fsp3) is 0.286. The van der Waals surface area contributed by atoms with Gasteiger partial charge in [-0.15, -0.1) is 0 Å². The van der Waals surface area contributed by atoms with Gasteiger partial charge in [-0.25, -0.2) is 4.79 Å². The molecule has 1 fully saturated rings. The lowest BCUT2D eigenvalue weighted by molar-refractivity contribution is -0.124. The van der Waals surface area contributed by atoms with Crippen molar-refractivity contribution in [3.63, 3.8) is 0 Å². The summed E-state index contributed by atoms with van der Waals surface area (Å²) in [6.07, 6.45) is 0.134. The average molecular weight is 373 g/mol. The van der Waals surface area contributed by atoms with Gasteiger partial charge in [0, 0.05) is 11.4 Å². The van der Waals surface area contributed by atoms with Crippen LogP contribution in [0.15, 0.2) is 18.2 Å². The number of imide groups is 1. The topological polar surface area (TPSA) is 116 Å². The molecule has 0 aliphatic carbocycles. The highest BCUT2D eigenvalue weighted by Gasteiger charge is 2.29. The zero-order valence-electron chi connectivity index (χ0n) is 12.3. The third-order valence-electron chi connectivity index (χ3n) is 3.17. The van der Waals surface area contributed by atoms with Crippen LogP contribution in [0.1, 0.15) is 12.8 Å². The van der Waals surface area contributed by atoms with E-state index in [0.29, 0.717) is 15.7 Å². The zero-order chi connectivity index (χ0) is 17.7. The van der Waals surface area contributed by atoms with Crippen molar-refractivity contribution in [2.24, 2.45) is 0 Å². The van der Waals surface area contributed by atoms with E-state index in [-0.39, 0.29) is 19.4 Å². The first-order chi connectivity index (χ1) is 11.3. The van der Waals surface area contributed by atoms with Crippen LogP contribution < -0.4 is 21.3 Å². The Kier molecular flexibility index (Phi) is 5.99. The molecule has 10 heteroatoms. The number of carbonyl (C=O) groups excluding carboxylic acids is 4. The maximum absolute atomic E-state index is 11.8. The lowest BCUT2D eigenvalue weighted by Gasteiger charge is -2.10. The van der Waals surface area contributed by atoms with Crippen LogP contribution in [-0.2, 0) is 14.4 Å². The SMILES string of the molecule is O=C(CCC1NC(=O)NC1=O)NCC(=O)Nc1cc(Cl)ccc1Cl. The Morgan fingerprint density at radius 2 is 1.92 bits per heavy atom. The molecule has 5 amide bonds. The maximum Gasteiger partial charge on any atom is 0.322 e. The first kappa shape index (κ1) is 18.0. The van der Waals surface area contributed by atoms with Gasteiger partial charge >= 0.3 is 6.03 Å². The number of rotatable bonds is 6. The molecule has 1 aliphatic heterocycles. The molecule has 1 unspecified atom stereocenters. The van der Waals surface area contributed by atoms with Crippen molar-refractivity contribution in [2.45, 2.75) is 18.9 Å². The number of nitrogens with one attached hydrogen (secondary N) is 4. The summed E-state index contributed by atoms with van der Waals surface area (Å²) in [5.74, 6) is -1.36. The quantitative estimate of drug-likeness (QED) is 0.558. The fourth-order valence-electron chi connectivity index (χ4n) is 1.99. The van der Waals surface area contributed by atoms with Crippen LogP contribution >= 0.6 is 23.2 Å². The molecule has 0 bridgehead atoms. The van der Waals surface area contributed by atoms with Gasteiger partial charge in [-0.2, -0.15) is 0 Å². The third kappa shape index (κ3) is 5.10. The van der Waals surface area contributed by atoms with E-state index in [4.69, 9.17) is 23.2 Å². The summed E-state index contributed by atoms with van der Waals surface area (Å²) in [4.78, 5) is 45.7. The van der Waals surface area contributed by atoms with E-state index < -0.39 is 29.8 Å². The molecule has 0 spiro atoms. The Balaban J connectivity index is 1.73. The van der Waals surface area contributed by atoms with E-state index in [2.05, 4.69) is 21.3 Å². The number of amides is 5. The summed E-state index contributed by atoms with van der Waals surface area (Å²) in [6, 6.07) is 3.30. The number of urea groups is 1. The molecular formula is C14H14Cl2N4O4. The lowest BCUT2D eigenvalue weighted by atomic mass is 10.1. The Morgan fingerprint density at radius 1 is 1.17 bits per heavy atom. The molecule has 128 valence electrons. The Bertz CT molecular complexity index is 695. The number of halogens is 2. The van der Waals surface area contributed by atoms with Crippen LogP contribution in [0.5, 0.6) is 0 Å². The molecule has 1 heterocycles. The van der Waals surface area contributed by atoms with Crippen molar-refractivity contribution in [3.05, 3.63) is 28.2 Å². The number of benzene rings is 1. The summed E-state index contributed by atoms with van der Waals surface area (Å²) >= 11 is 11.7. The second kappa shape index (κ2) is 7.98. The predicted molar refractivity (Wildman–Crippen MR) is 87.8 cm³/mol. The normalized spacial score (nSPS) is 16.3. The second-order valence-corrected chi connectivity index (χ2v) is 5.85. The molecule has 0 saturated carbocycles. The molecular weight excluding hydrogens is 359 g/mol. The summed E-state index contributed by atoms with van der Waals surface area (Å²) in [6.45, 7) is -0.259. The van der Waals surface area contributed by atoms with Crippen molar-refractivity contribution >= 4 is 52.6 Å². The highest BCUT2D eigenvalue weighted by atomic mass is 35.5. The minimum Gasteiger partial charge on any atom is -0.347 e. The van der Waals surface area contributed by atoms with E-state index in [1.54, 1.807) is 12.1 Å². The molecule has 2 rings (SSSR count). The van der Waals surface area contributed by atoms with Gasteiger partial charge < -0.3 is 16.0 Å². The molecule has 1 aliphatic rings. The fourth-order valence-corrected chi connectivity index (χ4v) is 2.33. The largest absolute Gasteiger partial charge is 0.347 e. The predicted octanol–water partition coefficient (Wildman–Crippen LogP) is 1.04. The van der Waals surface area contributed by atoms with Crippen molar-refractivity contribution in [1.82, 2.24) is 16.0 Å². The van der Waals surface area contributed by atoms with Crippen LogP contribution in [0.2, 0.25) is 10.0 Å². The summed E-state index contributed by atoms with van der Waals surface area (Å²) in [5.41, 5.74) is 0.341.